The summed E-state index contributed by atoms with van der Waals surface area (Å²) in [6, 6.07) is 14.7. The van der Waals surface area contributed by atoms with E-state index in [0.29, 0.717) is 22.1 Å². The lowest BCUT2D eigenvalue weighted by Crippen LogP contribution is -1.88. The third-order valence-electron chi connectivity index (χ3n) is 2.28. The number of ether oxygens (including phenoxy) is 1. The predicted octanol–water partition coefficient (Wildman–Crippen LogP) is 4.31. The maximum atomic E-state index is 8.97. The minimum atomic E-state index is 0.468. The van der Waals surface area contributed by atoms with Crippen LogP contribution in [0.25, 0.3) is 0 Å². The van der Waals surface area contributed by atoms with Gasteiger partial charge in [-0.3, -0.25) is 0 Å². The van der Waals surface area contributed by atoms with Crippen molar-refractivity contribution in [3.05, 3.63) is 58.6 Å². The van der Waals surface area contributed by atoms with E-state index in [9.17, 15) is 0 Å². The molecule has 2 nitrogen and oxygen atoms in total. The molecule has 84 valence electrons. The van der Waals surface area contributed by atoms with Crippen LogP contribution in [0.5, 0.6) is 11.5 Å². The average Bonchev–Trinajstić information content (AvgIpc) is 2.29. The molecule has 0 radical (unpaired) electrons. The van der Waals surface area contributed by atoms with Gasteiger partial charge in [-0.1, -0.05) is 23.7 Å². The second-order valence-corrected chi connectivity index (χ2v) is 4.11. The Balaban J connectivity index is 2.36. The molecule has 0 spiro atoms. The van der Waals surface area contributed by atoms with Crippen molar-refractivity contribution in [2.24, 2.45) is 0 Å². The van der Waals surface area contributed by atoms with Gasteiger partial charge in [-0.15, -0.1) is 0 Å². The Kier molecular flexibility index (Phi) is 3.32. The van der Waals surface area contributed by atoms with Crippen LogP contribution in [0.3, 0.4) is 0 Å². The molecule has 2 aromatic rings. The number of halogens is 1. The lowest BCUT2D eigenvalue weighted by molar-refractivity contribution is 0.481. The summed E-state index contributed by atoms with van der Waals surface area (Å²) in [4.78, 5) is 0. The Bertz CT molecular complexity index is 587. The normalized spacial score (nSPS) is 9.71. The fourth-order valence-electron chi connectivity index (χ4n) is 1.48. The topological polar surface area (TPSA) is 33.0 Å². The molecule has 0 atom stereocenters. The number of nitriles is 1. The number of nitrogens with zero attached hydrogens (tertiary/aromatic N) is 1. The Hall–Kier alpha value is -1.98. The molecule has 17 heavy (non-hydrogen) atoms. The first-order valence-corrected chi connectivity index (χ1v) is 5.51. The number of hydrogen-bond donors (Lipinski definition) is 0. The third-order valence-corrected chi connectivity index (χ3v) is 2.52. The van der Waals surface area contributed by atoms with Crippen molar-refractivity contribution in [1.29, 1.82) is 5.26 Å². The van der Waals surface area contributed by atoms with Crippen LogP contribution in [0.1, 0.15) is 11.1 Å². The molecular formula is C14H10ClNO. The van der Waals surface area contributed by atoms with Crippen LogP contribution in [0.15, 0.2) is 42.5 Å². The van der Waals surface area contributed by atoms with Crippen LogP contribution < -0.4 is 4.74 Å². The maximum Gasteiger partial charge on any atom is 0.146 e. The van der Waals surface area contributed by atoms with Crippen LogP contribution in [0, 0.1) is 18.3 Å². The van der Waals surface area contributed by atoms with Crippen molar-refractivity contribution in [3.63, 3.8) is 0 Å². The molecule has 2 rings (SSSR count). The first-order valence-electron chi connectivity index (χ1n) is 5.13. The Morgan fingerprint density at radius 3 is 2.71 bits per heavy atom. The standard InChI is InChI=1S/C14H10ClNO/c1-10-3-2-4-13(7-10)17-14-8-12(15)6-5-11(14)9-16/h2-8H,1H3. The summed E-state index contributed by atoms with van der Waals surface area (Å²) in [5.74, 6) is 1.18. The van der Waals surface area contributed by atoms with Gasteiger partial charge in [0.2, 0.25) is 0 Å². The van der Waals surface area contributed by atoms with E-state index >= 15 is 0 Å². The molecular weight excluding hydrogens is 234 g/mol. The van der Waals surface area contributed by atoms with Crippen molar-refractivity contribution in [2.75, 3.05) is 0 Å². The van der Waals surface area contributed by atoms with Crippen molar-refractivity contribution < 1.29 is 4.74 Å². The second kappa shape index (κ2) is 4.90. The van der Waals surface area contributed by atoms with Crippen molar-refractivity contribution >= 4 is 11.6 Å². The second-order valence-electron chi connectivity index (χ2n) is 3.67. The summed E-state index contributed by atoms with van der Waals surface area (Å²) >= 11 is 5.88. The highest BCUT2D eigenvalue weighted by Crippen LogP contribution is 2.28. The molecule has 0 N–H and O–H groups in total. The number of benzene rings is 2. The fourth-order valence-corrected chi connectivity index (χ4v) is 1.64. The molecule has 0 bridgehead atoms. The van der Waals surface area contributed by atoms with Crippen LogP contribution in [-0.2, 0) is 0 Å². The van der Waals surface area contributed by atoms with Gasteiger partial charge in [0.1, 0.15) is 17.6 Å². The summed E-state index contributed by atoms with van der Waals surface area (Å²) in [5.41, 5.74) is 1.57. The van der Waals surface area contributed by atoms with Gasteiger partial charge in [0.25, 0.3) is 0 Å². The highest BCUT2D eigenvalue weighted by Gasteiger charge is 2.05. The summed E-state index contributed by atoms with van der Waals surface area (Å²) < 4.78 is 5.66. The number of aryl methyl sites for hydroxylation is 1. The third kappa shape index (κ3) is 2.77. The summed E-state index contributed by atoms with van der Waals surface area (Å²) in [6.07, 6.45) is 0. The van der Waals surface area contributed by atoms with Gasteiger partial charge < -0.3 is 4.74 Å². The molecule has 0 aromatic heterocycles. The zero-order chi connectivity index (χ0) is 12.3. The number of rotatable bonds is 2. The van der Waals surface area contributed by atoms with Gasteiger partial charge in [0, 0.05) is 11.1 Å². The largest absolute Gasteiger partial charge is 0.456 e. The van der Waals surface area contributed by atoms with E-state index in [1.54, 1.807) is 18.2 Å². The highest BCUT2D eigenvalue weighted by molar-refractivity contribution is 6.30. The maximum absolute atomic E-state index is 8.97. The zero-order valence-corrected chi connectivity index (χ0v) is 10.0. The molecule has 2 aromatic carbocycles. The van der Waals surface area contributed by atoms with Gasteiger partial charge in [0.05, 0.1) is 5.56 Å². The van der Waals surface area contributed by atoms with E-state index in [1.807, 2.05) is 31.2 Å². The summed E-state index contributed by atoms with van der Waals surface area (Å²) in [5, 5.41) is 9.52. The quantitative estimate of drug-likeness (QED) is 0.787. The smallest absolute Gasteiger partial charge is 0.146 e. The highest BCUT2D eigenvalue weighted by atomic mass is 35.5. The lowest BCUT2D eigenvalue weighted by Gasteiger charge is -2.08. The molecule has 0 aliphatic carbocycles. The first-order chi connectivity index (χ1) is 8.19. The molecule has 0 fully saturated rings. The van der Waals surface area contributed by atoms with E-state index in [-0.39, 0.29) is 0 Å². The first kappa shape index (κ1) is 11.5. The Morgan fingerprint density at radius 1 is 1.18 bits per heavy atom. The van der Waals surface area contributed by atoms with Gasteiger partial charge in [0.15, 0.2) is 0 Å². The van der Waals surface area contributed by atoms with E-state index in [4.69, 9.17) is 21.6 Å². The van der Waals surface area contributed by atoms with Gasteiger partial charge >= 0.3 is 0 Å². The molecule has 0 unspecified atom stereocenters. The average molecular weight is 244 g/mol. The van der Waals surface area contributed by atoms with E-state index in [0.717, 1.165) is 5.56 Å². The molecule has 3 heteroatoms. The Morgan fingerprint density at radius 2 is 2.00 bits per heavy atom. The predicted molar refractivity (Wildman–Crippen MR) is 67.4 cm³/mol. The minimum absolute atomic E-state index is 0.468. The zero-order valence-electron chi connectivity index (χ0n) is 9.27. The summed E-state index contributed by atoms with van der Waals surface area (Å²) in [6.45, 7) is 1.98. The van der Waals surface area contributed by atoms with E-state index in [2.05, 4.69) is 6.07 Å². The SMILES string of the molecule is Cc1cccc(Oc2cc(Cl)ccc2C#N)c1. The van der Waals surface area contributed by atoms with Crippen molar-refractivity contribution in [3.8, 4) is 17.6 Å². The summed E-state index contributed by atoms with van der Waals surface area (Å²) in [7, 11) is 0. The fraction of sp³-hybridized carbons (Fsp3) is 0.0714. The lowest BCUT2D eigenvalue weighted by atomic mass is 10.2. The minimum Gasteiger partial charge on any atom is -0.456 e. The Labute approximate surface area is 105 Å². The molecule has 0 amide bonds. The van der Waals surface area contributed by atoms with Crippen molar-refractivity contribution in [1.82, 2.24) is 0 Å². The van der Waals surface area contributed by atoms with Gasteiger partial charge in [-0.05, 0) is 36.8 Å². The molecule has 0 aliphatic heterocycles. The molecule has 0 heterocycles. The van der Waals surface area contributed by atoms with Crippen LogP contribution >= 0.6 is 11.6 Å². The van der Waals surface area contributed by atoms with Crippen LogP contribution in [0.2, 0.25) is 5.02 Å². The van der Waals surface area contributed by atoms with Crippen LogP contribution in [0.4, 0.5) is 0 Å². The van der Waals surface area contributed by atoms with Crippen LogP contribution in [-0.4, -0.2) is 0 Å². The molecule has 0 saturated heterocycles. The number of hydrogen-bond acceptors (Lipinski definition) is 2. The van der Waals surface area contributed by atoms with E-state index in [1.165, 1.54) is 0 Å². The molecule has 0 aliphatic rings. The van der Waals surface area contributed by atoms with E-state index < -0.39 is 0 Å². The van der Waals surface area contributed by atoms with Gasteiger partial charge in [-0.25, -0.2) is 0 Å². The monoisotopic (exact) mass is 243 g/mol. The molecule has 0 saturated carbocycles. The van der Waals surface area contributed by atoms with Crippen molar-refractivity contribution in [2.45, 2.75) is 6.92 Å². The van der Waals surface area contributed by atoms with Gasteiger partial charge in [-0.2, -0.15) is 5.26 Å².